The Morgan fingerprint density at radius 1 is 1.11 bits per heavy atom. The van der Waals surface area contributed by atoms with Gasteiger partial charge in [-0.25, -0.2) is 9.18 Å². The lowest BCUT2D eigenvalue weighted by Crippen LogP contribution is -2.11. The van der Waals surface area contributed by atoms with E-state index in [9.17, 15) is 14.0 Å². The molecule has 0 radical (unpaired) electrons. The van der Waals surface area contributed by atoms with Crippen molar-refractivity contribution in [2.45, 2.75) is 19.5 Å². The fourth-order valence-corrected chi connectivity index (χ4v) is 4.63. The first kappa shape index (κ1) is 17.6. The average Bonchev–Trinajstić information content (AvgIpc) is 3.27. The third kappa shape index (κ3) is 3.30. The Kier molecular flexibility index (Phi) is 4.62. The third-order valence-electron chi connectivity index (χ3n) is 4.98. The number of carbonyl (C=O) groups is 2. The van der Waals surface area contributed by atoms with Gasteiger partial charge in [0.1, 0.15) is 11.6 Å². The van der Waals surface area contributed by atoms with Gasteiger partial charge in [-0.2, -0.15) is 0 Å². The zero-order valence-corrected chi connectivity index (χ0v) is 15.3. The standard InChI is InChI=1S/C22H17FO3S/c23-12-13-3-1-4-14(9-13)17-5-2-6-18-19(17)11-15(21(18)24)10-16-7-8-20(27-16)22(25)26/h1-9,15H,10-12H2,(H,25,26). The highest BCUT2D eigenvalue weighted by atomic mass is 32.1. The van der Waals surface area contributed by atoms with Crippen LogP contribution >= 0.6 is 11.3 Å². The van der Waals surface area contributed by atoms with Crippen LogP contribution in [0, 0.1) is 5.92 Å². The molecule has 3 nitrogen and oxygen atoms in total. The zero-order valence-electron chi connectivity index (χ0n) is 14.4. The van der Waals surface area contributed by atoms with Crippen LogP contribution in [0.4, 0.5) is 4.39 Å². The molecule has 0 amide bonds. The quantitative estimate of drug-likeness (QED) is 0.663. The predicted molar refractivity (Wildman–Crippen MR) is 103 cm³/mol. The number of carbonyl (C=O) groups excluding carboxylic acids is 1. The summed E-state index contributed by atoms with van der Waals surface area (Å²) in [5.41, 5.74) is 4.22. The summed E-state index contributed by atoms with van der Waals surface area (Å²) >= 11 is 1.22. The second-order valence-corrected chi connectivity index (χ2v) is 7.87. The molecule has 1 aromatic heterocycles. The average molecular weight is 380 g/mol. The summed E-state index contributed by atoms with van der Waals surface area (Å²) in [6.45, 7) is -0.519. The van der Waals surface area contributed by atoms with E-state index in [-0.39, 0.29) is 16.6 Å². The van der Waals surface area contributed by atoms with Crippen LogP contribution in [0.25, 0.3) is 11.1 Å². The second kappa shape index (κ2) is 7.08. The number of Topliss-reactive ketones (excluding diaryl/α,β-unsaturated/α-hetero) is 1. The minimum Gasteiger partial charge on any atom is -0.477 e. The van der Waals surface area contributed by atoms with E-state index < -0.39 is 12.6 Å². The Labute approximate surface area is 160 Å². The molecule has 1 heterocycles. The molecule has 1 atom stereocenters. The second-order valence-electron chi connectivity index (χ2n) is 6.71. The van der Waals surface area contributed by atoms with Crippen molar-refractivity contribution in [1.29, 1.82) is 0 Å². The number of ketones is 1. The summed E-state index contributed by atoms with van der Waals surface area (Å²) < 4.78 is 13.0. The smallest absolute Gasteiger partial charge is 0.345 e. The molecule has 136 valence electrons. The van der Waals surface area contributed by atoms with Crippen LogP contribution in [0.1, 0.15) is 36.0 Å². The Bertz CT molecular complexity index is 1040. The highest BCUT2D eigenvalue weighted by Gasteiger charge is 2.32. The van der Waals surface area contributed by atoms with E-state index in [1.807, 2.05) is 36.4 Å². The molecule has 4 rings (SSSR count). The summed E-state index contributed by atoms with van der Waals surface area (Å²) in [7, 11) is 0. The first-order valence-electron chi connectivity index (χ1n) is 8.70. The number of hydrogen-bond donors (Lipinski definition) is 1. The van der Waals surface area contributed by atoms with Gasteiger partial charge in [0, 0.05) is 16.4 Å². The topological polar surface area (TPSA) is 54.4 Å². The molecule has 1 aliphatic carbocycles. The lowest BCUT2D eigenvalue weighted by molar-refractivity contribution is 0.0702. The SMILES string of the molecule is O=C(O)c1ccc(CC2Cc3c(cccc3-c3cccc(CF)c3)C2=O)s1. The molecular weight excluding hydrogens is 363 g/mol. The van der Waals surface area contributed by atoms with E-state index in [4.69, 9.17) is 5.11 Å². The van der Waals surface area contributed by atoms with Gasteiger partial charge in [-0.3, -0.25) is 4.79 Å². The number of carboxylic acids is 1. The van der Waals surface area contributed by atoms with Gasteiger partial charge in [0.15, 0.2) is 5.78 Å². The summed E-state index contributed by atoms with van der Waals surface area (Å²) in [5.74, 6) is -1.04. The van der Waals surface area contributed by atoms with Crippen molar-refractivity contribution >= 4 is 23.1 Å². The van der Waals surface area contributed by atoms with Crippen molar-refractivity contribution in [3.63, 3.8) is 0 Å². The van der Waals surface area contributed by atoms with Crippen LogP contribution < -0.4 is 0 Å². The van der Waals surface area contributed by atoms with Gasteiger partial charge in [-0.15, -0.1) is 11.3 Å². The number of rotatable bonds is 5. The van der Waals surface area contributed by atoms with Crippen LogP contribution in [0.3, 0.4) is 0 Å². The van der Waals surface area contributed by atoms with Crippen molar-refractivity contribution in [2.24, 2.45) is 5.92 Å². The zero-order chi connectivity index (χ0) is 19.0. The monoisotopic (exact) mass is 380 g/mol. The molecule has 0 saturated heterocycles. The number of alkyl halides is 1. The number of thiophene rings is 1. The van der Waals surface area contributed by atoms with Crippen molar-refractivity contribution in [3.05, 3.63) is 81.0 Å². The molecule has 1 N–H and O–H groups in total. The lowest BCUT2D eigenvalue weighted by atomic mass is 9.95. The summed E-state index contributed by atoms with van der Waals surface area (Å²) in [4.78, 5) is 25.1. The van der Waals surface area contributed by atoms with Gasteiger partial charge < -0.3 is 5.11 Å². The molecule has 1 aliphatic rings. The van der Waals surface area contributed by atoms with Gasteiger partial charge in [0.05, 0.1) is 0 Å². The van der Waals surface area contributed by atoms with Crippen LogP contribution in [-0.2, 0) is 19.5 Å². The summed E-state index contributed by atoms with van der Waals surface area (Å²) in [6, 6.07) is 16.4. The first-order chi connectivity index (χ1) is 13.1. The fourth-order valence-electron chi connectivity index (χ4n) is 3.70. The lowest BCUT2D eigenvalue weighted by Gasteiger charge is -2.09. The summed E-state index contributed by atoms with van der Waals surface area (Å²) in [5, 5.41) is 9.07. The molecule has 2 aromatic carbocycles. The third-order valence-corrected chi connectivity index (χ3v) is 6.07. The maximum Gasteiger partial charge on any atom is 0.345 e. The van der Waals surface area contributed by atoms with Gasteiger partial charge in [0.25, 0.3) is 0 Å². The van der Waals surface area contributed by atoms with E-state index >= 15 is 0 Å². The Morgan fingerprint density at radius 3 is 2.63 bits per heavy atom. The van der Waals surface area contributed by atoms with E-state index in [0.29, 0.717) is 18.4 Å². The highest BCUT2D eigenvalue weighted by molar-refractivity contribution is 7.13. The number of hydrogen-bond acceptors (Lipinski definition) is 3. The van der Waals surface area contributed by atoms with Gasteiger partial charge in [-0.05, 0) is 53.3 Å². The van der Waals surface area contributed by atoms with Crippen molar-refractivity contribution in [3.8, 4) is 11.1 Å². The van der Waals surface area contributed by atoms with Gasteiger partial charge in [0.2, 0.25) is 0 Å². The van der Waals surface area contributed by atoms with E-state index in [1.54, 1.807) is 18.2 Å². The molecule has 27 heavy (non-hydrogen) atoms. The molecule has 0 aliphatic heterocycles. The van der Waals surface area contributed by atoms with Crippen LogP contribution in [0.15, 0.2) is 54.6 Å². The number of fused-ring (bicyclic) bond motifs is 1. The van der Waals surface area contributed by atoms with Crippen molar-refractivity contribution in [1.82, 2.24) is 0 Å². The maximum absolute atomic E-state index is 13.0. The molecule has 5 heteroatoms. The largest absolute Gasteiger partial charge is 0.477 e. The van der Waals surface area contributed by atoms with Gasteiger partial charge in [-0.1, -0.05) is 36.4 Å². The minimum absolute atomic E-state index is 0.0961. The normalized spacial score (nSPS) is 15.7. The molecule has 0 fully saturated rings. The van der Waals surface area contributed by atoms with Crippen molar-refractivity contribution in [2.75, 3.05) is 0 Å². The minimum atomic E-state index is -0.942. The fraction of sp³-hybridized carbons (Fsp3) is 0.182. The molecule has 3 aromatic rings. The highest BCUT2D eigenvalue weighted by Crippen LogP contribution is 2.37. The maximum atomic E-state index is 13.0. The Balaban J connectivity index is 1.64. The molecule has 0 saturated carbocycles. The molecule has 0 bridgehead atoms. The van der Waals surface area contributed by atoms with E-state index in [1.165, 1.54) is 11.3 Å². The van der Waals surface area contributed by atoms with Crippen LogP contribution in [-0.4, -0.2) is 16.9 Å². The summed E-state index contributed by atoms with van der Waals surface area (Å²) in [6.07, 6.45) is 1.15. The Morgan fingerprint density at radius 2 is 1.89 bits per heavy atom. The molecule has 0 spiro atoms. The van der Waals surface area contributed by atoms with Crippen molar-refractivity contribution < 1.29 is 19.1 Å². The first-order valence-corrected chi connectivity index (χ1v) is 9.52. The number of carboxylic acid groups (broad SMARTS) is 1. The number of halogens is 1. The van der Waals surface area contributed by atoms with E-state index in [0.717, 1.165) is 27.1 Å². The number of benzene rings is 2. The van der Waals surface area contributed by atoms with Crippen LogP contribution in [0.5, 0.6) is 0 Å². The number of aromatic carboxylic acids is 1. The van der Waals surface area contributed by atoms with Gasteiger partial charge >= 0.3 is 5.97 Å². The predicted octanol–water partition coefficient (Wildman–Crippen LogP) is 5.18. The Hall–Kier alpha value is -2.79. The molecule has 1 unspecified atom stereocenters. The molecular formula is C22H17FO3S. The van der Waals surface area contributed by atoms with Crippen LogP contribution in [0.2, 0.25) is 0 Å². The van der Waals surface area contributed by atoms with E-state index in [2.05, 4.69) is 0 Å².